The van der Waals surface area contributed by atoms with Crippen LogP contribution in [0.4, 0.5) is 0 Å². The van der Waals surface area contributed by atoms with E-state index in [1.54, 1.807) is 0 Å². The number of hydrogen-bond acceptors (Lipinski definition) is 0. The molecule has 1 unspecified atom stereocenters. The summed E-state index contributed by atoms with van der Waals surface area (Å²) in [6.45, 7) is 11.4. The van der Waals surface area contributed by atoms with Crippen molar-refractivity contribution in [3.05, 3.63) is 87.5 Å². The topological polar surface area (TPSA) is 0 Å². The zero-order valence-corrected chi connectivity index (χ0v) is 18.0. The smallest absolute Gasteiger partial charge is 0.00502 e. The van der Waals surface area contributed by atoms with Crippen molar-refractivity contribution in [3.63, 3.8) is 0 Å². The van der Waals surface area contributed by atoms with E-state index in [9.17, 15) is 0 Å². The molecular formula is C28H32. The summed E-state index contributed by atoms with van der Waals surface area (Å²) in [4.78, 5) is 0. The maximum Gasteiger partial charge on any atom is 0.00502 e. The van der Waals surface area contributed by atoms with Crippen LogP contribution in [0.3, 0.4) is 0 Å². The van der Waals surface area contributed by atoms with E-state index < -0.39 is 0 Å². The van der Waals surface area contributed by atoms with Crippen LogP contribution >= 0.6 is 0 Å². The van der Waals surface area contributed by atoms with Crippen LogP contribution in [0.15, 0.2) is 48.6 Å². The van der Waals surface area contributed by atoms with Gasteiger partial charge in [0.25, 0.3) is 0 Å². The Hall–Kier alpha value is -2.34. The SMILES string of the molecule is CCc1cc(C)c(C2=CCC(c3ccc4c(c3)C=CC4C(C)C)=C2)c(CC)c1. The molecule has 0 spiro atoms. The average Bonchev–Trinajstić information content (AvgIpc) is 3.33. The molecule has 0 saturated carbocycles. The molecule has 0 saturated heterocycles. The Morgan fingerprint density at radius 1 is 1.04 bits per heavy atom. The fourth-order valence-corrected chi connectivity index (χ4v) is 4.85. The summed E-state index contributed by atoms with van der Waals surface area (Å²) in [6.07, 6.45) is 12.8. The van der Waals surface area contributed by atoms with Crippen LogP contribution < -0.4 is 0 Å². The van der Waals surface area contributed by atoms with Gasteiger partial charge < -0.3 is 0 Å². The Balaban J connectivity index is 1.66. The summed E-state index contributed by atoms with van der Waals surface area (Å²) in [7, 11) is 0. The minimum absolute atomic E-state index is 0.571. The van der Waals surface area contributed by atoms with E-state index in [0.717, 1.165) is 19.3 Å². The molecule has 0 amide bonds. The van der Waals surface area contributed by atoms with Crippen molar-refractivity contribution >= 4 is 17.2 Å². The molecule has 0 aromatic heterocycles. The number of fused-ring (bicyclic) bond motifs is 1. The quantitative estimate of drug-likeness (QED) is 0.506. The fourth-order valence-electron chi connectivity index (χ4n) is 4.85. The third-order valence-corrected chi connectivity index (χ3v) is 6.44. The van der Waals surface area contributed by atoms with E-state index in [0.29, 0.717) is 11.8 Å². The third-order valence-electron chi connectivity index (χ3n) is 6.44. The number of benzene rings is 2. The minimum atomic E-state index is 0.571. The van der Waals surface area contributed by atoms with Gasteiger partial charge in [0.15, 0.2) is 0 Å². The van der Waals surface area contributed by atoms with Crippen LogP contribution in [-0.4, -0.2) is 0 Å². The van der Waals surface area contributed by atoms with E-state index in [2.05, 4.69) is 89.3 Å². The largest absolute Gasteiger partial charge is 0.0761 e. The van der Waals surface area contributed by atoms with Crippen molar-refractivity contribution in [3.8, 4) is 0 Å². The molecule has 2 aromatic carbocycles. The van der Waals surface area contributed by atoms with Gasteiger partial charge >= 0.3 is 0 Å². The molecule has 28 heavy (non-hydrogen) atoms. The third kappa shape index (κ3) is 3.30. The molecule has 0 heterocycles. The predicted octanol–water partition coefficient (Wildman–Crippen LogP) is 7.76. The zero-order valence-electron chi connectivity index (χ0n) is 18.0. The van der Waals surface area contributed by atoms with Crippen LogP contribution in [-0.2, 0) is 12.8 Å². The maximum atomic E-state index is 2.42. The Labute approximate surface area is 170 Å². The number of rotatable bonds is 5. The van der Waals surface area contributed by atoms with E-state index in [1.165, 1.54) is 50.1 Å². The lowest BCUT2D eigenvalue weighted by molar-refractivity contribution is 0.584. The Kier molecular flexibility index (Phi) is 5.15. The zero-order chi connectivity index (χ0) is 19.8. The Bertz CT molecular complexity index is 995. The molecular weight excluding hydrogens is 336 g/mol. The predicted molar refractivity (Wildman–Crippen MR) is 124 cm³/mol. The first-order valence-electron chi connectivity index (χ1n) is 10.9. The molecule has 0 radical (unpaired) electrons. The van der Waals surface area contributed by atoms with E-state index >= 15 is 0 Å². The molecule has 1 atom stereocenters. The van der Waals surface area contributed by atoms with Crippen molar-refractivity contribution in [1.82, 2.24) is 0 Å². The second-order valence-corrected chi connectivity index (χ2v) is 8.66. The monoisotopic (exact) mass is 368 g/mol. The van der Waals surface area contributed by atoms with Gasteiger partial charge in [-0.3, -0.25) is 0 Å². The number of aryl methyl sites for hydroxylation is 3. The van der Waals surface area contributed by atoms with Gasteiger partial charge in [-0.25, -0.2) is 0 Å². The fraction of sp³-hybridized carbons (Fsp3) is 0.357. The molecule has 0 heteroatoms. The summed E-state index contributed by atoms with van der Waals surface area (Å²) < 4.78 is 0. The lowest BCUT2D eigenvalue weighted by atomic mass is 9.89. The highest BCUT2D eigenvalue weighted by atomic mass is 14.3. The van der Waals surface area contributed by atoms with E-state index in [1.807, 2.05) is 0 Å². The van der Waals surface area contributed by atoms with Crippen molar-refractivity contribution < 1.29 is 0 Å². The molecule has 2 aliphatic rings. The van der Waals surface area contributed by atoms with E-state index in [-0.39, 0.29) is 0 Å². The molecule has 144 valence electrons. The maximum absolute atomic E-state index is 2.42. The standard InChI is InChI=1S/C28H32/c1-6-20-14-19(5)28(21(7-2)15-20)25-9-8-22(17-25)23-10-13-27-24(16-23)11-12-26(27)18(3)4/h9-18,26H,6-8H2,1-5H3. The molecule has 0 bridgehead atoms. The Morgan fingerprint density at radius 3 is 2.57 bits per heavy atom. The number of hydrogen-bond donors (Lipinski definition) is 0. The summed E-state index contributed by atoms with van der Waals surface area (Å²) in [5, 5.41) is 0. The highest BCUT2D eigenvalue weighted by Crippen LogP contribution is 2.40. The highest BCUT2D eigenvalue weighted by molar-refractivity contribution is 5.91. The van der Waals surface area contributed by atoms with Gasteiger partial charge in [0, 0.05) is 5.92 Å². The van der Waals surface area contributed by atoms with E-state index in [4.69, 9.17) is 0 Å². The average molecular weight is 369 g/mol. The van der Waals surface area contributed by atoms with Crippen molar-refractivity contribution in [2.24, 2.45) is 5.92 Å². The van der Waals surface area contributed by atoms with Crippen molar-refractivity contribution in [2.75, 3.05) is 0 Å². The summed E-state index contributed by atoms with van der Waals surface area (Å²) >= 11 is 0. The first kappa shape index (κ1) is 19.0. The number of allylic oxidation sites excluding steroid dienone is 5. The lowest BCUT2D eigenvalue weighted by Crippen LogP contribution is -2.01. The first-order valence-corrected chi connectivity index (χ1v) is 10.9. The van der Waals surface area contributed by atoms with Crippen LogP contribution in [0.5, 0.6) is 0 Å². The molecule has 4 rings (SSSR count). The van der Waals surface area contributed by atoms with Gasteiger partial charge in [0.1, 0.15) is 0 Å². The molecule has 2 aliphatic carbocycles. The van der Waals surface area contributed by atoms with Gasteiger partial charge in [0.05, 0.1) is 0 Å². The molecule has 0 aliphatic heterocycles. The van der Waals surface area contributed by atoms with Gasteiger partial charge in [-0.15, -0.1) is 0 Å². The van der Waals surface area contributed by atoms with Gasteiger partial charge in [-0.05, 0) is 88.3 Å². The highest BCUT2D eigenvalue weighted by Gasteiger charge is 2.21. The van der Waals surface area contributed by atoms with Crippen molar-refractivity contribution in [1.29, 1.82) is 0 Å². The second-order valence-electron chi connectivity index (χ2n) is 8.66. The molecule has 0 N–H and O–H groups in total. The molecule has 2 aromatic rings. The first-order chi connectivity index (χ1) is 13.5. The lowest BCUT2D eigenvalue weighted by Gasteiger charge is -2.16. The van der Waals surface area contributed by atoms with Gasteiger partial charge in [-0.1, -0.05) is 76.3 Å². The van der Waals surface area contributed by atoms with Crippen LogP contribution in [0, 0.1) is 12.8 Å². The van der Waals surface area contributed by atoms with Crippen LogP contribution in [0.1, 0.15) is 79.0 Å². The van der Waals surface area contributed by atoms with Crippen molar-refractivity contribution in [2.45, 2.75) is 59.8 Å². The minimum Gasteiger partial charge on any atom is -0.0761 e. The van der Waals surface area contributed by atoms with Crippen LogP contribution in [0.25, 0.3) is 17.2 Å². The molecule has 0 nitrogen and oxygen atoms in total. The Morgan fingerprint density at radius 2 is 1.86 bits per heavy atom. The summed E-state index contributed by atoms with van der Waals surface area (Å²) in [5.41, 5.74) is 12.9. The van der Waals surface area contributed by atoms with Gasteiger partial charge in [-0.2, -0.15) is 0 Å². The van der Waals surface area contributed by atoms with Crippen LogP contribution in [0.2, 0.25) is 0 Å². The second kappa shape index (κ2) is 7.59. The summed E-state index contributed by atoms with van der Waals surface area (Å²) in [6, 6.07) is 11.9. The summed E-state index contributed by atoms with van der Waals surface area (Å²) in [5.74, 6) is 1.23. The normalized spacial score (nSPS) is 17.9. The molecule has 0 fully saturated rings. The van der Waals surface area contributed by atoms with Gasteiger partial charge in [0.2, 0.25) is 0 Å².